The van der Waals surface area contributed by atoms with Crippen LogP contribution in [0.15, 0.2) is 134 Å². The SMILES string of the molecule is CC/C=C\C/C=C\C/C=C\C/C=C\C/C=C\CC(=O)OC1C(OCC(COC(=O)CCCC/C=C\C/C=C\C/C=C\C/C=C\CC)OC(=O)CCCCCCC/C=C\C/C=C\CCCCC)OC(C(=O)O)C(O)C1O. The minimum atomic E-state index is -1.95. The molecule has 0 spiro atoms. The highest BCUT2D eigenvalue weighted by Crippen LogP contribution is 2.26. The van der Waals surface area contributed by atoms with Gasteiger partial charge in [0, 0.05) is 12.8 Å². The number of aliphatic carboxylic acids is 1. The van der Waals surface area contributed by atoms with Gasteiger partial charge >= 0.3 is 23.9 Å². The number of rotatable bonds is 45. The van der Waals surface area contributed by atoms with Crippen LogP contribution >= 0.6 is 0 Å². The number of aliphatic hydroxyl groups is 2. The van der Waals surface area contributed by atoms with Crippen molar-refractivity contribution in [3.63, 3.8) is 0 Å². The third-order valence-corrected chi connectivity index (χ3v) is 11.7. The molecule has 1 rings (SSSR count). The number of carbonyl (C=O) groups is 4. The van der Waals surface area contributed by atoms with Gasteiger partial charge in [0.15, 0.2) is 24.6 Å². The predicted molar refractivity (Wildman–Crippen MR) is 303 cm³/mol. The Morgan fingerprint density at radius 3 is 1.37 bits per heavy atom. The third-order valence-electron chi connectivity index (χ3n) is 11.7. The van der Waals surface area contributed by atoms with E-state index in [1.54, 1.807) is 12.2 Å². The van der Waals surface area contributed by atoms with Crippen LogP contribution in [0.1, 0.15) is 188 Å². The highest BCUT2D eigenvalue weighted by molar-refractivity contribution is 5.74. The van der Waals surface area contributed by atoms with E-state index < -0.39 is 67.3 Å². The lowest BCUT2D eigenvalue weighted by Crippen LogP contribution is -2.61. The van der Waals surface area contributed by atoms with Crippen LogP contribution in [0.4, 0.5) is 0 Å². The topological polar surface area (TPSA) is 175 Å². The van der Waals surface area contributed by atoms with E-state index in [1.165, 1.54) is 19.3 Å². The molecule has 3 N–H and O–H groups in total. The van der Waals surface area contributed by atoms with Crippen molar-refractivity contribution in [2.24, 2.45) is 0 Å². The second-order valence-corrected chi connectivity index (χ2v) is 18.5. The van der Waals surface area contributed by atoms with Gasteiger partial charge in [0.2, 0.25) is 0 Å². The van der Waals surface area contributed by atoms with E-state index in [-0.39, 0.29) is 25.9 Å². The summed E-state index contributed by atoms with van der Waals surface area (Å²) in [7, 11) is 0. The number of esters is 3. The van der Waals surface area contributed by atoms with E-state index in [9.17, 15) is 34.5 Å². The molecule has 1 saturated heterocycles. The zero-order valence-electron chi connectivity index (χ0n) is 46.0. The van der Waals surface area contributed by atoms with Gasteiger partial charge in [-0.1, -0.05) is 187 Å². The molecular weight excluding hydrogens is 949 g/mol. The van der Waals surface area contributed by atoms with Crippen molar-refractivity contribution in [2.75, 3.05) is 13.2 Å². The molecule has 0 aromatic heterocycles. The Kier molecular flexibility index (Phi) is 45.0. The number of carboxylic acid groups (broad SMARTS) is 1. The van der Waals surface area contributed by atoms with Crippen molar-refractivity contribution in [3.8, 4) is 0 Å². The van der Waals surface area contributed by atoms with Crippen molar-refractivity contribution in [3.05, 3.63) is 134 Å². The molecular formula is C63H96O12. The average molecular weight is 1050 g/mol. The number of aliphatic hydroxyl groups excluding tert-OH is 2. The highest BCUT2D eigenvalue weighted by atomic mass is 16.7. The Balaban J connectivity index is 2.81. The number of carbonyl (C=O) groups excluding carboxylic acids is 3. The molecule has 6 atom stereocenters. The van der Waals surface area contributed by atoms with Gasteiger partial charge in [-0.3, -0.25) is 14.4 Å². The number of ether oxygens (including phenoxy) is 5. The summed E-state index contributed by atoms with van der Waals surface area (Å²) in [6.07, 6.45) is 57.4. The zero-order chi connectivity index (χ0) is 54.7. The lowest BCUT2D eigenvalue weighted by atomic mass is 9.98. The van der Waals surface area contributed by atoms with E-state index in [1.807, 2.05) is 12.2 Å². The fraction of sp³-hybridized carbons (Fsp3) is 0.587. The van der Waals surface area contributed by atoms with Crippen LogP contribution in [0.5, 0.6) is 0 Å². The molecule has 12 heteroatoms. The Bertz CT molecular complexity index is 1810. The first-order chi connectivity index (χ1) is 36.6. The fourth-order valence-corrected chi connectivity index (χ4v) is 7.46. The Labute approximate surface area is 451 Å². The van der Waals surface area contributed by atoms with Gasteiger partial charge in [-0.05, 0) is 116 Å². The normalized spacial score (nSPS) is 19.2. The van der Waals surface area contributed by atoms with Crippen LogP contribution in [0.2, 0.25) is 0 Å². The van der Waals surface area contributed by atoms with Gasteiger partial charge in [0.05, 0.1) is 13.0 Å². The summed E-state index contributed by atoms with van der Waals surface area (Å²) < 4.78 is 28.2. The quantitative estimate of drug-likeness (QED) is 0.0228. The van der Waals surface area contributed by atoms with Crippen LogP contribution < -0.4 is 0 Å². The summed E-state index contributed by atoms with van der Waals surface area (Å²) in [6.45, 7) is 5.62. The number of hydrogen-bond donors (Lipinski definition) is 3. The average Bonchev–Trinajstić information content (AvgIpc) is 3.39. The largest absolute Gasteiger partial charge is 0.479 e. The molecule has 0 radical (unpaired) electrons. The number of hydrogen-bond acceptors (Lipinski definition) is 11. The zero-order valence-corrected chi connectivity index (χ0v) is 46.0. The summed E-state index contributed by atoms with van der Waals surface area (Å²) in [5.74, 6) is -3.38. The number of unbranched alkanes of at least 4 members (excludes halogenated alkanes) is 10. The first-order valence-electron chi connectivity index (χ1n) is 28.2. The van der Waals surface area contributed by atoms with Crippen molar-refractivity contribution in [2.45, 2.75) is 225 Å². The Hall–Kier alpha value is -5.14. The van der Waals surface area contributed by atoms with E-state index in [0.29, 0.717) is 19.3 Å². The van der Waals surface area contributed by atoms with E-state index in [2.05, 4.69) is 130 Å². The van der Waals surface area contributed by atoms with Gasteiger partial charge < -0.3 is 39.0 Å². The fourth-order valence-electron chi connectivity index (χ4n) is 7.46. The Morgan fingerprint density at radius 1 is 0.467 bits per heavy atom. The van der Waals surface area contributed by atoms with Crippen molar-refractivity contribution >= 4 is 23.9 Å². The maximum absolute atomic E-state index is 13.1. The molecule has 12 nitrogen and oxygen atoms in total. The first kappa shape index (κ1) is 67.9. The maximum atomic E-state index is 13.1. The van der Waals surface area contributed by atoms with E-state index in [4.69, 9.17) is 23.7 Å². The summed E-state index contributed by atoms with van der Waals surface area (Å²) >= 11 is 0. The predicted octanol–water partition coefficient (Wildman–Crippen LogP) is 14.2. The van der Waals surface area contributed by atoms with Crippen molar-refractivity contribution in [1.82, 2.24) is 0 Å². The van der Waals surface area contributed by atoms with Gasteiger partial charge in [-0.25, -0.2) is 4.79 Å². The molecule has 1 fully saturated rings. The van der Waals surface area contributed by atoms with E-state index >= 15 is 0 Å². The maximum Gasteiger partial charge on any atom is 0.335 e. The van der Waals surface area contributed by atoms with Crippen LogP contribution in [0.3, 0.4) is 0 Å². The van der Waals surface area contributed by atoms with Crippen molar-refractivity contribution < 1.29 is 58.2 Å². The van der Waals surface area contributed by atoms with E-state index in [0.717, 1.165) is 109 Å². The molecule has 75 heavy (non-hydrogen) atoms. The minimum absolute atomic E-state index is 0.119. The molecule has 0 bridgehead atoms. The molecule has 1 aliphatic heterocycles. The van der Waals surface area contributed by atoms with Crippen molar-refractivity contribution in [1.29, 1.82) is 0 Å². The van der Waals surface area contributed by atoms with Gasteiger partial charge in [0.1, 0.15) is 18.8 Å². The number of carboxylic acids is 1. The monoisotopic (exact) mass is 1040 g/mol. The molecule has 0 amide bonds. The smallest absolute Gasteiger partial charge is 0.335 e. The molecule has 0 aliphatic carbocycles. The standard InChI is InChI=1S/C63H96O12/c1-4-7-10-13-16-19-22-25-28-31-34-37-40-43-46-49-55(64)71-52-54(73-56(65)50-47-44-41-38-35-32-29-26-23-20-17-14-11-8-5-2)53-72-63-61(59(68)58(67)60(75-63)62(69)70)74-57(66)51-48-45-42-39-36-33-30-27-24-21-18-15-12-9-6-3/h7,9-10,12,16-21,25-30,34,36-37,39,45,48,54,58-61,63,67-68H,4-6,8,11,13-15,22-24,31-33,35,38,40-44,46-47,49-53H2,1-3H3,(H,69,70)/b10-7-,12-9-,19-16-,20-17-,21-18-,28-25-,29-26-,30-27-,37-34-,39-36-,48-45-. The molecule has 0 aromatic rings. The second-order valence-electron chi connectivity index (χ2n) is 18.5. The van der Waals surface area contributed by atoms with Gasteiger partial charge in [-0.2, -0.15) is 0 Å². The second kappa shape index (κ2) is 49.7. The molecule has 6 unspecified atom stereocenters. The number of allylic oxidation sites excluding steroid dienone is 21. The van der Waals surface area contributed by atoms with Gasteiger partial charge in [-0.15, -0.1) is 0 Å². The molecule has 0 saturated carbocycles. The van der Waals surface area contributed by atoms with Crippen LogP contribution in [0, 0.1) is 0 Å². The molecule has 1 heterocycles. The van der Waals surface area contributed by atoms with Gasteiger partial charge in [0.25, 0.3) is 0 Å². The van der Waals surface area contributed by atoms with Crippen LogP contribution in [-0.2, 0) is 42.9 Å². The summed E-state index contributed by atoms with van der Waals surface area (Å²) in [6, 6.07) is 0. The molecule has 420 valence electrons. The lowest BCUT2D eigenvalue weighted by Gasteiger charge is -2.40. The Morgan fingerprint density at radius 2 is 0.880 bits per heavy atom. The lowest BCUT2D eigenvalue weighted by molar-refractivity contribution is -0.301. The molecule has 1 aliphatic rings. The minimum Gasteiger partial charge on any atom is -0.479 e. The summed E-state index contributed by atoms with van der Waals surface area (Å²) in [4.78, 5) is 51.0. The third kappa shape index (κ3) is 39.9. The summed E-state index contributed by atoms with van der Waals surface area (Å²) in [5, 5.41) is 31.4. The summed E-state index contributed by atoms with van der Waals surface area (Å²) in [5.41, 5.74) is 0. The van der Waals surface area contributed by atoms with Crippen LogP contribution in [-0.4, -0.2) is 89.2 Å². The van der Waals surface area contributed by atoms with Crippen LogP contribution in [0.25, 0.3) is 0 Å². The molecule has 0 aromatic carbocycles. The highest BCUT2D eigenvalue weighted by Gasteiger charge is 2.50. The first-order valence-corrected chi connectivity index (χ1v) is 28.2.